The third-order valence-electron chi connectivity index (χ3n) is 1.92. The van der Waals surface area contributed by atoms with Crippen molar-refractivity contribution < 1.29 is 9.50 Å². The van der Waals surface area contributed by atoms with Crippen LogP contribution in [0.5, 0.6) is 0 Å². The van der Waals surface area contributed by atoms with Crippen LogP contribution in [0.25, 0.3) is 0 Å². The fourth-order valence-electron chi connectivity index (χ4n) is 1.17. The van der Waals surface area contributed by atoms with Gasteiger partial charge in [0, 0.05) is 0 Å². The maximum Gasteiger partial charge on any atom is 0.153 e. The van der Waals surface area contributed by atoms with Crippen molar-refractivity contribution in [3.8, 4) is 0 Å². The molecule has 1 atom stereocenters. The molecule has 0 aliphatic rings. The molecule has 1 aromatic rings. The van der Waals surface area contributed by atoms with Crippen molar-refractivity contribution >= 4 is 23.5 Å². The zero-order valence-corrected chi connectivity index (χ0v) is 10.2. The van der Waals surface area contributed by atoms with E-state index < -0.39 is 11.9 Å². The van der Waals surface area contributed by atoms with E-state index >= 15 is 0 Å². The number of halogens is 1. The number of benzene rings is 1. The van der Waals surface area contributed by atoms with Gasteiger partial charge in [-0.15, -0.1) is 23.5 Å². The van der Waals surface area contributed by atoms with Crippen LogP contribution >= 0.6 is 23.5 Å². The molecule has 0 aliphatic carbocycles. The molecule has 1 rings (SSSR count). The Hall–Kier alpha value is -0.450. The van der Waals surface area contributed by atoms with Crippen molar-refractivity contribution in [3.63, 3.8) is 0 Å². The van der Waals surface area contributed by atoms with E-state index in [0.717, 1.165) is 0 Å². The second-order valence-corrected chi connectivity index (χ2v) is 4.75. The van der Waals surface area contributed by atoms with Gasteiger partial charge >= 0.3 is 0 Å². The van der Waals surface area contributed by atoms with Crippen LogP contribution in [0.15, 0.2) is 40.4 Å². The van der Waals surface area contributed by atoms with Gasteiger partial charge in [-0.25, -0.2) is 4.39 Å². The molecule has 1 aromatic carbocycles. The number of thioether (sulfide) groups is 2. The first-order valence-electron chi connectivity index (χ1n) is 4.41. The summed E-state index contributed by atoms with van der Waals surface area (Å²) in [6.07, 6.45) is 2.44. The molecule has 4 heteroatoms. The quantitative estimate of drug-likeness (QED) is 0.874. The first-order valence-corrected chi connectivity index (χ1v) is 6.86. The van der Waals surface area contributed by atoms with Gasteiger partial charge in [0.25, 0.3) is 0 Å². The fourth-order valence-corrected chi connectivity index (χ4v) is 2.45. The molecule has 0 spiro atoms. The lowest BCUT2D eigenvalue weighted by molar-refractivity contribution is 0.186. The largest absolute Gasteiger partial charge is 0.381 e. The molecule has 1 nitrogen and oxygen atoms in total. The molecule has 1 unspecified atom stereocenters. The molecular weight excluding hydrogens is 231 g/mol. The second kappa shape index (κ2) is 6.20. The van der Waals surface area contributed by atoms with E-state index in [1.165, 1.54) is 23.5 Å². The molecule has 0 radical (unpaired) electrons. The fraction of sp³-hybridized carbons (Fsp3) is 0.273. The molecule has 1 N–H and O–H groups in total. The summed E-state index contributed by atoms with van der Waals surface area (Å²) in [4.78, 5) is 0. The van der Waals surface area contributed by atoms with E-state index in [-0.39, 0.29) is 0 Å². The molecule has 0 heterocycles. The molecule has 82 valence electrons. The minimum Gasteiger partial charge on any atom is -0.381 e. The zero-order chi connectivity index (χ0) is 11.3. The van der Waals surface area contributed by atoms with E-state index in [9.17, 15) is 9.50 Å². The highest BCUT2D eigenvalue weighted by Crippen LogP contribution is 2.34. The average Bonchev–Trinajstić information content (AvgIpc) is 2.30. The standard InChI is InChI=1S/C11H13FOS2/c1-14-11(15-2)9(12)10(13)8-6-4-3-5-7-8/h3-7,10,13H,1-2H3. The molecule has 0 aromatic heterocycles. The number of aliphatic hydroxyl groups is 1. The van der Waals surface area contributed by atoms with E-state index in [1.54, 1.807) is 36.8 Å². The topological polar surface area (TPSA) is 20.2 Å². The lowest BCUT2D eigenvalue weighted by atomic mass is 10.1. The Bertz CT molecular complexity index is 332. The average molecular weight is 244 g/mol. The first kappa shape index (κ1) is 12.6. The number of rotatable bonds is 4. The van der Waals surface area contributed by atoms with E-state index in [4.69, 9.17) is 0 Å². The van der Waals surface area contributed by atoms with Gasteiger partial charge < -0.3 is 5.11 Å². The van der Waals surface area contributed by atoms with Crippen LogP contribution in [0.2, 0.25) is 0 Å². The molecule has 0 bridgehead atoms. The summed E-state index contributed by atoms with van der Waals surface area (Å²) in [6, 6.07) is 8.82. The van der Waals surface area contributed by atoms with Gasteiger partial charge in [-0.3, -0.25) is 0 Å². The van der Waals surface area contributed by atoms with Crippen LogP contribution in [0.1, 0.15) is 11.7 Å². The Labute approximate surface area is 97.8 Å². The minimum atomic E-state index is -1.15. The van der Waals surface area contributed by atoms with Crippen LogP contribution in [0.4, 0.5) is 4.39 Å². The van der Waals surface area contributed by atoms with Crippen LogP contribution in [0, 0.1) is 0 Å². The Morgan fingerprint density at radius 2 is 1.73 bits per heavy atom. The number of hydrogen-bond acceptors (Lipinski definition) is 3. The molecule has 0 saturated heterocycles. The van der Waals surface area contributed by atoms with Crippen LogP contribution in [0.3, 0.4) is 0 Å². The summed E-state index contributed by atoms with van der Waals surface area (Å²) < 4.78 is 14.3. The van der Waals surface area contributed by atoms with Gasteiger partial charge in [0.05, 0.1) is 4.24 Å². The Morgan fingerprint density at radius 3 is 2.20 bits per heavy atom. The first-order chi connectivity index (χ1) is 7.20. The third kappa shape index (κ3) is 3.26. The summed E-state index contributed by atoms with van der Waals surface area (Å²) >= 11 is 2.62. The number of hydrogen-bond donors (Lipinski definition) is 1. The number of aliphatic hydroxyl groups excluding tert-OH is 1. The van der Waals surface area contributed by atoms with Gasteiger partial charge in [-0.1, -0.05) is 30.3 Å². The highest BCUT2D eigenvalue weighted by molar-refractivity contribution is 8.21. The maximum absolute atomic E-state index is 13.7. The molecule has 0 saturated carbocycles. The van der Waals surface area contributed by atoms with Crippen molar-refractivity contribution in [2.75, 3.05) is 12.5 Å². The highest BCUT2D eigenvalue weighted by Gasteiger charge is 2.16. The molecule has 15 heavy (non-hydrogen) atoms. The second-order valence-electron chi connectivity index (χ2n) is 2.86. The zero-order valence-electron chi connectivity index (χ0n) is 8.61. The van der Waals surface area contributed by atoms with E-state index in [2.05, 4.69) is 0 Å². The van der Waals surface area contributed by atoms with Gasteiger partial charge in [0.15, 0.2) is 5.83 Å². The molecule has 0 fully saturated rings. The van der Waals surface area contributed by atoms with Gasteiger partial charge in [-0.2, -0.15) is 0 Å². The predicted octanol–water partition coefficient (Wildman–Crippen LogP) is 3.58. The summed E-state index contributed by atoms with van der Waals surface area (Å²) in [5, 5.41) is 9.76. The summed E-state index contributed by atoms with van der Waals surface area (Å²) in [5.74, 6) is -0.471. The Balaban J connectivity index is 2.94. The maximum atomic E-state index is 13.7. The van der Waals surface area contributed by atoms with Crippen molar-refractivity contribution in [3.05, 3.63) is 46.0 Å². The lowest BCUT2D eigenvalue weighted by Crippen LogP contribution is -1.98. The Morgan fingerprint density at radius 1 is 1.20 bits per heavy atom. The van der Waals surface area contributed by atoms with Gasteiger partial charge in [-0.05, 0) is 18.1 Å². The van der Waals surface area contributed by atoms with Crippen molar-refractivity contribution in [1.29, 1.82) is 0 Å². The van der Waals surface area contributed by atoms with Crippen molar-refractivity contribution in [2.45, 2.75) is 6.10 Å². The molecule has 0 amide bonds. The SMILES string of the molecule is CSC(SC)=C(F)C(O)c1ccccc1. The minimum absolute atomic E-state index is 0.471. The van der Waals surface area contributed by atoms with Crippen LogP contribution < -0.4 is 0 Å². The van der Waals surface area contributed by atoms with Gasteiger partial charge in [0.2, 0.25) is 0 Å². The van der Waals surface area contributed by atoms with Crippen molar-refractivity contribution in [2.24, 2.45) is 0 Å². The van der Waals surface area contributed by atoms with E-state index in [0.29, 0.717) is 9.80 Å². The van der Waals surface area contributed by atoms with E-state index in [1.807, 2.05) is 6.07 Å². The normalized spacial score (nSPS) is 12.3. The summed E-state index contributed by atoms with van der Waals surface area (Å²) in [6.45, 7) is 0. The summed E-state index contributed by atoms with van der Waals surface area (Å²) in [7, 11) is 0. The predicted molar refractivity (Wildman–Crippen MR) is 66.6 cm³/mol. The molecular formula is C11H13FOS2. The third-order valence-corrected chi connectivity index (χ3v) is 4.05. The summed E-state index contributed by atoms with van der Waals surface area (Å²) in [5.41, 5.74) is 0.579. The van der Waals surface area contributed by atoms with Crippen molar-refractivity contribution in [1.82, 2.24) is 0 Å². The molecule has 0 aliphatic heterocycles. The smallest absolute Gasteiger partial charge is 0.153 e. The highest BCUT2D eigenvalue weighted by atomic mass is 32.2. The van der Waals surface area contributed by atoms with Crippen LogP contribution in [-0.4, -0.2) is 17.6 Å². The van der Waals surface area contributed by atoms with Gasteiger partial charge in [0.1, 0.15) is 6.10 Å². The Kier molecular flexibility index (Phi) is 5.22. The lowest BCUT2D eigenvalue weighted by Gasteiger charge is -2.11. The monoisotopic (exact) mass is 244 g/mol. The van der Waals surface area contributed by atoms with Crippen LogP contribution in [-0.2, 0) is 0 Å².